The Morgan fingerprint density at radius 2 is 1.73 bits per heavy atom. The number of alkyl halides is 3. The molecule has 2 N–H and O–H groups in total. The third-order valence-corrected chi connectivity index (χ3v) is 6.62. The Hall–Kier alpha value is -4.99. The van der Waals surface area contributed by atoms with Crippen molar-refractivity contribution in [3.05, 3.63) is 119 Å². The van der Waals surface area contributed by atoms with Gasteiger partial charge in [0.2, 0.25) is 0 Å². The second-order valence-corrected chi connectivity index (χ2v) is 9.32. The lowest BCUT2D eigenvalue weighted by molar-refractivity contribution is -0.137. The lowest BCUT2D eigenvalue weighted by Gasteiger charge is -2.17. The number of aromatic carboxylic acids is 1. The molecule has 0 spiro atoms. The number of carboxylic acid groups (broad SMARTS) is 1. The van der Waals surface area contributed by atoms with Crippen LogP contribution in [-0.4, -0.2) is 31.5 Å². The van der Waals surface area contributed by atoms with Crippen LogP contribution in [0.3, 0.4) is 0 Å². The predicted molar refractivity (Wildman–Crippen MR) is 143 cm³/mol. The van der Waals surface area contributed by atoms with E-state index in [4.69, 9.17) is 5.11 Å². The molecule has 2 aromatic heterocycles. The standard InChI is InChI=1S/C30H23F3N4O3/c1-18(20-4-6-21(7-5-20)29(39)40)36-28(38)25-15-23(26-10-12-34-17-35-26)14-22-11-13-37(27(22)25)16-19-2-8-24(9-3-19)30(31,32)33/h2-15,17-18H,16H2,1H3,(H,36,38)(H,39,40)/t18-/m0/s1. The van der Waals surface area contributed by atoms with Crippen molar-refractivity contribution >= 4 is 22.8 Å². The van der Waals surface area contributed by atoms with Gasteiger partial charge in [0.05, 0.1) is 33.9 Å². The summed E-state index contributed by atoms with van der Waals surface area (Å²) >= 11 is 0. The summed E-state index contributed by atoms with van der Waals surface area (Å²) in [6, 6.07) is 17.9. The van der Waals surface area contributed by atoms with Gasteiger partial charge in [0.25, 0.3) is 5.91 Å². The normalized spacial score (nSPS) is 12.3. The molecular formula is C30H23F3N4O3. The zero-order valence-electron chi connectivity index (χ0n) is 21.2. The van der Waals surface area contributed by atoms with Crippen LogP contribution in [0.25, 0.3) is 22.2 Å². The van der Waals surface area contributed by atoms with Gasteiger partial charge in [0.15, 0.2) is 0 Å². The quantitative estimate of drug-likeness (QED) is 0.249. The van der Waals surface area contributed by atoms with E-state index in [1.807, 2.05) is 16.7 Å². The van der Waals surface area contributed by atoms with E-state index in [-0.39, 0.29) is 18.0 Å². The van der Waals surface area contributed by atoms with Crippen LogP contribution >= 0.6 is 0 Å². The van der Waals surface area contributed by atoms with E-state index >= 15 is 0 Å². The molecule has 1 atom stereocenters. The number of amides is 1. The van der Waals surface area contributed by atoms with E-state index < -0.39 is 23.8 Å². The fraction of sp³-hybridized carbons (Fsp3) is 0.133. The maximum Gasteiger partial charge on any atom is 0.416 e. The van der Waals surface area contributed by atoms with E-state index in [1.54, 1.807) is 43.6 Å². The Morgan fingerprint density at radius 1 is 1.00 bits per heavy atom. The largest absolute Gasteiger partial charge is 0.478 e. The molecule has 0 saturated heterocycles. The molecule has 2 heterocycles. The van der Waals surface area contributed by atoms with Crippen molar-refractivity contribution in [2.24, 2.45) is 0 Å². The summed E-state index contributed by atoms with van der Waals surface area (Å²) in [6.45, 7) is 2.04. The van der Waals surface area contributed by atoms with Crippen LogP contribution < -0.4 is 5.32 Å². The first-order chi connectivity index (χ1) is 19.1. The molecule has 0 saturated carbocycles. The number of carbonyl (C=O) groups excluding carboxylic acids is 1. The number of fused-ring (bicyclic) bond motifs is 1. The highest BCUT2D eigenvalue weighted by Crippen LogP contribution is 2.31. The summed E-state index contributed by atoms with van der Waals surface area (Å²) < 4.78 is 40.9. The summed E-state index contributed by atoms with van der Waals surface area (Å²) in [7, 11) is 0. The van der Waals surface area contributed by atoms with Crippen LogP contribution in [0.5, 0.6) is 0 Å². The third kappa shape index (κ3) is 5.56. The van der Waals surface area contributed by atoms with Gasteiger partial charge in [-0.15, -0.1) is 0 Å². The minimum atomic E-state index is -4.42. The molecule has 0 bridgehead atoms. The van der Waals surface area contributed by atoms with E-state index in [9.17, 15) is 22.8 Å². The smallest absolute Gasteiger partial charge is 0.416 e. The predicted octanol–water partition coefficient (Wildman–Crippen LogP) is 6.35. The first kappa shape index (κ1) is 26.6. The molecule has 5 aromatic rings. The maximum absolute atomic E-state index is 13.7. The number of halogens is 3. The van der Waals surface area contributed by atoms with Gasteiger partial charge in [0.1, 0.15) is 6.33 Å². The van der Waals surface area contributed by atoms with Gasteiger partial charge in [-0.2, -0.15) is 13.2 Å². The van der Waals surface area contributed by atoms with Gasteiger partial charge >= 0.3 is 12.1 Å². The van der Waals surface area contributed by atoms with Crippen LogP contribution in [0.2, 0.25) is 0 Å². The number of hydrogen-bond donors (Lipinski definition) is 2. The highest BCUT2D eigenvalue weighted by molar-refractivity contribution is 6.08. The Labute approximate surface area is 226 Å². The highest BCUT2D eigenvalue weighted by Gasteiger charge is 2.30. The molecule has 0 fully saturated rings. The molecule has 40 heavy (non-hydrogen) atoms. The minimum Gasteiger partial charge on any atom is -0.478 e. The van der Waals surface area contributed by atoms with E-state index in [0.717, 1.165) is 23.1 Å². The van der Waals surface area contributed by atoms with Gasteiger partial charge in [-0.3, -0.25) is 4.79 Å². The van der Waals surface area contributed by atoms with Crippen LogP contribution in [0.1, 0.15) is 50.4 Å². The van der Waals surface area contributed by atoms with E-state index in [0.29, 0.717) is 27.9 Å². The number of nitrogens with zero attached hydrogens (tertiary/aromatic N) is 3. The lowest BCUT2D eigenvalue weighted by Crippen LogP contribution is -2.27. The zero-order chi connectivity index (χ0) is 28.4. The van der Waals surface area contributed by atoms with Gasteiger partial charge in [-0.25, -0.2) is 14.8 Å². The Balaban J connectivity index is 1.52. The monoisotopic (exact) mass is 544 g/mol. The van der Waals surface area contributed by atoms with Crippen LogP contribution in [0.15, 0.2) is 91.5 Å². The first-order valence-corrected chi connectivity index (χ1v) is 12.3. The topological polar surface area (TPSA) is 97.1 Å². The first-order valence-electron chi connectivity index (χ1n) is 12.3. The summed E-state index contributed by atoms with van der Waals surface area (Å²) in [5, 5.41) is 12.9. The molecule has 5 rings (SSSR count). The number of nitrogens with one attached hydrogen (secondary N) is 1. The average Bonchev–Trinajstić information content (AvgIpc) is 3.35. The van der Waals surface area contributed by atoms with Crippen molar-refractivity contribution in [3.8, 4) is 11.3 Å². The molecule has 0 aliphatic carbocycles. The molecule has 0 aliphatic rings. The summed E-state index contributed by atoms with van der Waals surface area (Å²) in [4.78, 5) is 33.1. The van der Waals surface area contributed by atoms with E-state index in [2.05, 4.69) is 15.3 Å². The van der Waals surface area contributed by atoms with Crippen molar-refractivity contribution in [2.45, 2.75) is 25.7 Å². The SMILES string of the molecule is C[C@H](NC(=O)c1cc(-c2ccncn2)cc2ccn(Cc3ccc(C(F)(F)F)cc3)c12)c1ccc(C(=O)O)cc1. The molecule has 0 aliphatic heterocycles. The molecule has 10 heteroatoms. The second kappa shape index (κ2) is 10.6. The molecule has 1 amide bonds. The molecule has 7 nitrogen and oxygen atoms in total. The molecule has 202 valence electrons. The van der Waals surface area contributed by atoms with Gasteiger partial charge in [0, 0.05) is 29.9 Å². The van der Waals surface area contributed by atoms with E-state index in [1.165, 1.54) is 30.6 Å². The number of carbonyl (C=O) groups is 2. The van der Waals surface area contributed by atoms with Gasteiger partial charge in [-0.1, -0.05) is 24.3 Å². The van der Waals surface area contributed by atoms with Crippen molar-refractivity contribution in [1.82, 2.24) is 19.9 Å². The van der Waals surface area contributed by atoms with Crippen LogP contribution in [0.4, 0.5) is 13.2 Å². The van der Waals surface area contributed by atoms with Gasteiger partial charge < -0.3 is 15.0 Å². The number of carboxylic acids is 1. The fourth-order valence-corrected chi connectivity index (χ4v) is 4.53. The van der Waals surface area contributed by atoms with Crippen molar-refractivity contribution < 1.29 is 27.9 Å². The zero-order valence-corrected chi connectivity index (χ0v) is 21.2. The highest BCUT2D eigenvalue weighted by atomic mass is 19.4. The summed E-state index contributed by atoms with van der Waals surface area (Å²) in [6.07, 6.45) is 0.381. The summed E-state index contributed by atoms with van der Waals surface area (Å²) in [5.41, 5.74) is 3.08. The molecular weight excluding hydrogens is 521 g/mol. The maximum atomic E-state index is 13.7. The molecule has 0 radical (unpaired) electrons. The molecule has 0 unspecified atom stereocenters. The number of benzene rings is 3. The molecule has 3 aromatic carbocycles. The minimum absolute atomic E-state index is 0.141. The lowest BCUT2D eigenvalue weighted by atomic mass is 10.0. The third-order valence-electron chi connectivity index (χ3n) is 6.62. The van der Waals surface area contributed by atoms with Crippen molar-refractivity contribution in [1.29, 1.82) is 0 Å². The Kier molecular flexibility index (Phi) is 7.08. The number of aromatic nitrogens is 3. The Bertz CT molecular complexity index is 1680. The van der Waals surface area contributed by atoms with Crippen LogP contribution in [0, 0.1) is 0 Å². The Morgan fingerprint density at radius 3 is 2.35 bits per heavy atom. The second-order valence-electron chi connectivity index (χ2n) is 9.32. The average molecular weight is 545 g/mol. The number of hydrogen-bond acceptors (Lipinski definition) is 4. The van der Waals surface area contributed by atoms with Crippen molar-refractivity contribution in [3.63, 3.8) is 0 Å². The fourth-order valence-electron chi connectivity index (χ4n) is 4.53. The van der Waals surface area contributed by atoms with Crippen LogP contribution in [-0.2, 0) is 12.7 Å². The number of rotatable bonds is 7. The van der Waals surface area contributed by atoms with Crippen molar-refractivity contribution in [2.75, 3.05) is 0 Å². The summed E-state index contributed by atoms with van der Waals surface area (Å²) in [5.74, 6) is -1.41. The van der Waals surface area contributed by atoms with Gasteiger partial charge in [-0.05, 0) is 66.6 Å².